The molecule has 13 nitrogen and oxygen atoms in total. The first-order valence-electron chi connectivity index (χ1n) is 11.8. The fourth-order valence-electron chi connectivity index (χ4n) is 4.82. The molecule has 0 unspecified atom stereocenters. The Hall–Kier alpha value is -2.45. The zero-order valence-corrected chi connectivity index (χ0v) is 21.2. The molecule has 2 N–H and O–H groups in total. The van der Waals surface area contributed by atoms with Crippen LogP contribution in [-0.4, -0.2) is 70.0 Å². The Balaban J connectivity index is 1.31. The average molecular weight is 516 g/mol. The van der Waals surface area contributed by atoms with Crippen molar-refractivity contribution in [3.8, 4) is 0 Å². The first kappa shape index (κ1) is 25.6. The van der Waals surface area contributed by atoms with E-state index in [1.54, 1.807) is 0 Å². The third-order valence-corrected chi connectivity index (χ3v) is 7.08. The summed E-state index contributed by atoms with van der Waals surface area (Å²) in [4.78, 5) is 26.0. The van der Waals surface area contributed by atoms with E-state index < -0.39 is 40.2 Å². The van der Waals surface area contributed by atoms with E-state index in [-0.39, 0.29) is 17.9 Å². The Morgan fingerprint density at radius 3 is 2.66 bits per heavy atom. The van der Waals surface area contributed by atoms with Crippen molar-refractivity contribution >= 4 is 22.5 Å². The van der Waals surface area contributed by atoms with Gasteiger partial charge in [-0.25, -0.2) is 9.59 Å². The molecule has 3 atom stereocenters. The molecular formula is C21H33N5O8S. The first-order valence-corrected chi connectivity index (χ1v) is 13.2. The van der Waals surface area contributed by atoms with Crippen LogP contribution in [-0.2, 0) is 19.4 Å². The van der Waals surface area contributed by atoms with Gasteiger partial charge in [-0.05, 0) is 58.3 Å². The molecule has 3 heterocycles. The van der Waals surface area contributed by atoms with Crippen LogP contribution in [0.4, 0.5) is 9.59 Å². The quantitative estimate of drug-likeness (QED) is 0.369. The number of urea groups is 1. The van der Waals surface area contributed by atoms with Crippen LogP contribution in [0, 0.1) is 5.41 Å². The summed E-state index contributed by atoms with van der Waals surface area (Å²) in [6.45, 7) is 8.17. The summed E-state index contributed by atoms with van der Waals surface area (Å²) < 4.78 is 47.4. The molecule has 2 bridgehead atoms. The highest BCUT2D eigenvalue weighted by Crippen LogP contribution is 2.61. The van der Waals surface area contributed by atoms with Crippen molar-refractivity contribution in [3.63, 3.8) is 0 Å². The van der Waals surface area contributed by atoms with Crippen molar-refractivity contribution in [2.24, 2.45) is 5.41 Å². The number of hydroxylamine groups is 2. The van der Waals surface area contributed by atoms with Crippen LogP contribution in [0.5, 0.6) is 0 Å². The molecule has 2 saturated heterocycles. The minimum Gasteiger partial charge on any atom is -0.444 e. The van der Waals surface area contributed by atoms with Gasteiger partial charge in [0.25, 0.3) is 0 Å². The molecule has 1 aromatic heterocycles. The first-order chi connectivity index (χ1) is 16.3. The SMILES string of the molecule is C[C@@H](CCCCNC(=O)OC(C)(C)C)c1nnc([C@@H]2CC3(CC3)[C@@H]3CN2C(=O)N3OS(=O)(=O)O)o1. The summed E-state index contributed by atoms with van der Waals surface area (Å²) in [5.74, 6) is 0.757. The lowest BCUT2D eigenvalue weighted by Gasteiger charge is -2.34. The predicted octanol–water partition coefficient (Wildman–Crippen LogP) is 2.93. The van der Waals surface area contributed by atoms with E-state index in [1.807, 2.05) is 27.7 Å². The normalized spacial score (nSPS) is 24.1. The number of carbonyl (C=O) groups is 2. The molecule has 3 amide bonds. The molecule has 2 aliphatic heterocycles. The number of rotatable bonds is 9. The Morgan fingerprint density at radius 2 is 2.03 bits per heavy atom. The predicted molar refractivity (Wildman–Crippen MR) is 120 cm³/mol. The van der Waals surface area contributed by atoms with Crippen LogP contribution in [0.3, 0.4) is 0 Å². The zero-order chi connectivity index (χ0) is 25.6. The summed E-state index contributed by atoms with van der Waals surface area (Å²) in [6, 6.07) is -1.59. The van der Waals surface area contributed by atoms with Gasteiger partial charge in [-0.1, -0.05) is 13.3 Å². The Labute approximate surface area is 204 Å². The number of amides is 3. The van der Waals surface area contributed by atoms with Crippen LogP contribution in [0.2, 0.25) is 0 Å². The molecule has 35 heavy (non-hydrogen) atoms. The number of piperidine rings is 1. The summed E-state index contributed by atoms with van der Waals surface area (Å²) in [5.41, 5.74) is -0.826. The van der Waals surface area contributed by atoms with E-state index in [4.69, 9.17) is 13.7 Å². The third kappa shape index (κ3) is 5.86. The number of nitrogens with one attached hydrogen (secondary N) is 1. The second kappa shape index (κ2) is 9.21. The van der Waals surface area contributed by atoms with Gasteiger partial charge < -0.3 is 19.4 Å². The molecule has 14 heteroatoms. The maximum atomic E-state index is 12.9. The number of aromatic nitrogens is 2. The van der Waals surface area contributed by atoms with E-state index in [9.17, 15) is 18.0 Å². The van der Waals surface area contributed by atoms with E-state index in [0.29, 0.717) is 24.7 Å². The third-order valence-electron chi connectivity index (χ3n) is 6.73. The van der Waals surface area contributed by atoms with Gasteiger partial charge in [-0.2, -0.15) is 13.5 Å². The fraction of sp³-hybridized carbons (Fsp3) is 0.810. The average Bonchev–Trinajstić information content (AvgIpc) is 3.21. The number of carbonyl (C=O) groups excluding carboxylic acids is 2. The second-order valence-electron chi connectivity index (χ2n) is 10.7. The summed E-state index contributed by atoms with van der Waals surface area (Å²) >= 11 is 0. The van der Waals surface area contributed by atoms with Crippen LogP contribution >= 0.6 is 0 Å². The Kier molecular flexibility index (Phi) is 6.74. The Bertz CT molecular complexity index is 1060. The van der Waals surface area contributed by atoms with E-state index >= 15 is 0 Å². The summed E-state index contributed by atoms with van der Waals surface area (Å²) in [7, 11) is -4.82. The molecule has 3 aliphatic rings. The van der Waals surface area contributed by atoms with Gasteiger partial charge in [-0.3, -0.25) is 4.55 Å². The van der Waals surface area contributed by atoms with Crippen LogP contribution in [0.15, 0.2) is 4.42 Å². The van der Waals surface area contributed by atoms with Crippen molar-refractivity contribution in [1.82, 2.24) is 25.5 Å². The van der Waals surface area contributed by atoms with Crippen LogP contribution in [0.25, 0.3) is 0 Å². The standard InChI is InChI=1S/C21H33N5O8S/c1-13(7-5-6-10-22-18(27)33-20(2,3)4)16-23-24-17(32-16)14-11-21(8-9-21)15-12-25(14)19(28)26(15)34-35(29,30)31/h13-15H,5-12H2,1-4H3,(H,22,27)(H,29,30,31)/t13-,14-,15-/m0/s1. The number of alkyl carbamates (subject to hydrolysis) is 1. The van der Waals surface area contributed by atoms with E-state index in [0.717, 1.165) is 37.2 Å². The zero-order valence-electron chi connectivity index (χ0n) is 20.4. The van der Waals surface area contributed by atoms with Gasteiger partial charge >= 0.3 is 22.5 Å². The maximum absolute atomic E-state index is 12.9. The lowest BCUT2D eigenvalue weighted by atomic mass is 9.85. The van der Waals surface area contributed by atoms with Crippen molar-refractivity contribution in [3.05, 3.63) is 11.8 Å². The summed E-state index contributed by atoms with van der Waals surface area (Å²) in [6.07, 6.45) is 4.12. The molecule has 3 fully saturated rings. The smallest absolute Gasteiger partial charge is 0.418 e. The van der Waals surface area contributed by atoms with E-state index in [2.05, 4.69) is 19.8 Å². The van der Waals surface area contributed by atoms with Crippen molar-refractivity contribution in [2.75, 3.05) is 13.1 Å². The molecule has 196 valence electrons. The lowest BCUT2D eigenvalue weighted by Crippen LogP contribution is -2.43. The van der Waals surface area contributed by atoms with Gasteiger partial charge in [0.1, 0.15) is 11.6 Å². The number of ether oxygens (including phenoxy) is 1. The van der Waals surface area contributed by atoms with Crippen molar-refractivity contribution in [2.45, 2.75) is 89.8 Å². The highest BCUT2D eigenvalue weighted by atomic mass is 32.3. The van der Waals surface area contributed by atoms with Gasteiger partial charge in [0.15, 0.2) is 0 Å². The highest BCUT2D eigenvalue weighted by molar-refractivity contribution is 7.80. The fourth-order valence-corrected chi connectivity index (χ4v) is 5.19. The minimum absolute atomic E-state index is 0.0161. The largest absolute Gasteiger partial charge is 0.444 e. The van der Waals surface area contributed by atoms with Crippen LogP contribution in [0.1, 0.15) is 90.0 Å². The molecule has 0 radical (unpaired) electrons. The number of unbranched alkanes of at least 4 members (excludes halogenated alkanes) is 1. The molecule has 1 aromatic rings. The number of fused-ring (bicyclic) bond motifs is 3. The topological polar surface area (TPSA) is 164 Å². The Morgan fingerprint density at radius 1 is 1.31 bits per heavy atom. The molecule has 1 saturated carbocycles. The van der Waals surface area contributed by atoms with Crippen LogP contribution < -0.4 is 5.32 Å². The highest BCUT2D eigenvalue weighted by Gasteiger charge is 2.65. The lowest BCUT2D eigenvalue weighted by molar-refractivity contribution is -0.0530. The van der Waals surface area contributed by atoms with Gasteiger partial charge in [-0.15, -0.1) is 14.5 Å². The second-order valence-corrected chi connectivity index (χ2v) is 11.7. The molecule has 0 aromatic carbocycles. The number of hydrogen-bond acceptors (Lipinski definition) is 9. The molecular weight excluding hydrogens is 482 g/mol. The van der Waals surface area contributed by atoms with Gasteiger partial charge in [0.05, 0.1) is 6.04 Å². The molecule has 4 rings (SSSR count). The molecule has 1 aliphatic carbocycles. The number of hydrogen-bond donors (Lipinski definition) is 2. The van der Waals surface area contributed by atoms with Crippen molar-refractivity contribution < 1.29 is 36.0 Å². The molecule has 1 spiro atoms. The van der Waals surface area contributed by atoms with Gasteiger partial charge in [0.2, 0.25) is 11.8 Å². The van der Waals surface area contributed by atoms with Crippen molar-refractivity contribution in [1.29, 1.82) is 0 Å². The maximum Gasteiger partial charge on any atom is 0.418 e. The van der Waals surface area contributed by atoms with E-state index in [1.165, 1.54) is 4.90 Å². The van der Waals surface area contributed by atoms with Gasteiger partial charge in [0, 0.05) is 19.0 Å². The number of nitrogens with zero attached hydrogens (tertiary/aromatic N) is 4. The summed E-state index contributed by atoms with van der Waals surface area (Å²) in [5, 5.41) is 11.9. The minimum atomic E-state index is -4.82. The monoisotopic (exact) mass is 515 g/mol.